The lowest BCUT2D eigenvalue weighted by molar-refractivity contribution is -0.138. The number of benzene rings is 2. The third-order valence-electron chi connectivity index (χ3n) is 3.87. The number of amides is 1. The zero-order valence-corrected chi connectivity index (χ0v) is 13.3. The van der Waals surface area contributed by atoms with Crippen LogP contribution < -0.4 is 5.32 Å². The van der Waals surface area contributed by atoms with Gasteiger partial charge in [0, 0.05) is 11.7 Å². The van der Waals surface area contributed by atoms with Gasteiger partial charge in [-0.25, -0.2) is 0 Å². The number of hydrogen-bond acceptors (Lipinski definition) is 3. The highest BCUT2D eigenvalue weighted by Gasteiger charge is 2.09. The number of fused-ring (bicyclic) bond motifs is 1. The summed E-state index contributed by atoms with van der Waals surface area (Å²) in [5.74, 6) is -1.43. The molecule has 0 saturated heterocycles. The summed E-state index contributed by atoms with van der Waals surface area (Å²) in [7, 11) is 0. The van der Waals surface area contributed by atoms with E-state index in [-0.39, 0.29) is 12.5 Å². The van der Waals surface area contributed by atoms with Crippen LogP contribution in [0.2, 0.25) is 0 Å². The van der Waals surface area contributed by atoms with Crippen LogP contribution in [0.25, 0.3) is 22.0 Å². The van der Waals surface area contributed by atoms with Gasteiger partial charge in [-0.1, -0.05) is 24.3 Å². The number of nitriles is 1. The van der Waals surface area contributed by atoms with Crippen molar-refractivity contribution in [2.24, 2.45) is 0 Å². The lowest BCUT2D eigenvalue weighted by Crippen LogP contribution is -2.31. The van der Waals surface area contributed by atoms with Crippen LogP contribution in [0.4, 0.5) is 0 Å². The van der Waals surface area contributed by atoms with E-state index in [1.54, 1.807) is 22.9 Å². The zero-order chi connectivity index (χ0) is 17.8. The minimum absolute atomic E-state index is 0.0492. The van der Waals surface area contributed by atoms with Crippen LogP contribution in [0.5, 0.6) is 0 Å². The highest BCUT2D eigenvalue weighted by atomic mass is 16.4. The number of carbonyl (C=O) groups excluding carboxylic acids is 1. The van der Waals surface area contributed by atoms with Crippen molar-refractivity contribution in [3.8, 4) is 17.2 Å². The number of hydrogen-bond donors (Lipinski definition) is 2. The maximum Gasteiger partial charge on any atom is 0.322 e. The third-order valence-corrected chi connectivity index (χ3v) is 3.87. The van der Waals surface area contributed by atoms with Crippen LogP contribution in [0.3, 0.4) is 0 Å². The Bertz CT molecular complexity index is 981. The molecule has 124 valence electrons. The molecule has 1 aromatic heterocycles. The molecule has 0 unspecified atom stereocenters. The highest BCUT2D eigenvalue weighted by molar-refractivity contribution is 5.88. The van der Waals surface area contributed by atoms with Gasteiger partial charge in [0.1, 0.15) is 13.1 Å². The topological polar surface area (TPSA) is 95.1 Å². The number of rotatable bonds is 5. The Balaban J connectivity index is 1.87. The van der Waals surface area contributed by atoms with E-state index in [2.05, 4.69) is 11.4 Å². The fourth-order valence-corrected chi connectivity index (χ4v) is 2.62. The van der Waals surface area contributed by atoms with Crippen molar-refractivity contribution in [1.29, 1.82) is 5.26 Å². The normalized spacial score (nSPS) is 10.4. The van der Waals surface area contributed by atoms with E-state index in [4.69, 9.17) is 10.4 Å². The molecule has 0 aliphatic rings. The summed E-state index contributed by atoms with van der Waals surface area (Å²) in [5, 5.41) is 20.8. The molecule has 0 bridgehead atoms. The van der Waals surface area contributed by atoms with Gasteiger partial charge < -0.3 is 15.0 Å². The standard InChI is InChI=1S/C19H15N3O3/c20-10-13-1-3-14(4-2-13)16-6-5-15-7-8-22(17(15)9-16)12-18(23)21-11-19(24)25/h1-9H,11-12H2,(H,21,23)(H,24,25). The Morgan fingerprint density at radius 1 is 1.08 bits per heavy atom. The Morgan fingerprint density at radius 2 is 1.80 bits per heavy atom. The van der Waals surface area contributed by atoms with Crippen LogP contribution in [-0.2, 0) is 16.1 Å². The van der Waals surface area contributed by atoms with Crippen molar-refractivity contribution in [2.75, 3.05) is 6.54 Å². The number of nitrogens with zero attached hydrogens (tertiary/aromatic N) is 2. The maximum absolute atomic E-state index is 11.9. The fraction of sp³-hybridized carbons (Fsp3) is 0.105. The lowest BCUT2D eigenvalue weighted by Gasteiger charge is -2.08. The quantitative estimate of drug-likeness (QED) is 0.749. The molecular formula is C19H15N3O3. The van der Waals surface area contributed by atoms with Gasteiger partial charge in [-0.05, 0) is 40.8 Å². The Hall–Kier alpha value is -3.59. The minimum Gasteiger partial charge on any atom is -0.480 e. The van der Waals surface area contributed by atoms with Gasteiger partial charge in [0.05, 0.1) is 11.6 Å². The molecule has 6 nitrogen and oxygen atoms in total. The lowest BCUT2D eigenvalue weighted by atomic mass is 10.0. The first-order valence-electron chi connectivity index (χ1n) is 7.65. The van der Waals surface area contributed by atoms with Crippen molar-refractivity contribution in [3.05, 3.63) is 60.3 Å². The van der Waals surface area contributed by atoms with E-state index in [1.807, 2.05) is 36.4 Å². The van der Waals surface area contributed by atoms with Crippen molar-refractivity contribution >= 4 is 22.8 Å². The molecule has 0 aliphatic heterocycles. The van der Waals surface area contributed by atoms with Crippen molar-refractivity contribution in [2.45, 2.75) is 6.54 Å². The van der Waals surface area contributed by atoms with E-state index in [0.29, 0.717) is 5.56 Å². The molecule has 0 atom stereocenters. The molecule has 3 rings (SSSR count). The van der Waals surface area contributed by atoms with Crippen LogP contribution >= 0.6 is 0 Å². The second-order valence-corrected chi connectivity index (χ2v) is 5.58. The molecule has 2 aromatic carbocycles. The summed E-state index contributed by atoms with van der Waals surface area (Å²) >= 11 is 0. The van der Waals surface area contributed by atoms with Gasteiger partial charge in [0.2, 0.25) is 5.91 Å². The number of nitrogens with one attached hydrogen (secondary N) is 1. The number of carboxylic acids is 1. The Morgan fingerprint density at radius 3 is 2.48 bits per heavy atom. The average molecular weight is 333 g/mol. The number of aliphatic carboxylic acids is 1. The number of carbonyl (C=O) groups is 2. The van der Waals surface area contributed by atoms with Gasteiger partial charge in [-0.3, -0.25) is 9.59 Å². The van der Waals surface area contributed by atoms with E-state index in [0.717, 1.165) is 22.0 Å². The Labute approximate surface area is 143 Å². The second-order valence-electron chi connectivity index (χ2n) is 5.58. The first kappa shape index (κ1) is 16.3. The van der Waals surface area contributed by atoms with Gasteiger partial charge in [0.25, 0.3) is 0 Å². The SMILES string of the molecule is N#Cc1ccc(-c2ccc3ccn(CC(=O)NCC(=O)O)c3c2)cc1. The summed E-state index contributed by atoms with van der Waals surface area (Å²) in [6.07, 6.45) is 1.80. The van der Waals surface area contributed by atoms with Gasteiger partial charge in [0.15, 0.2) is 0 Å². The summed E-state index contributed by atoms with van der Waals surface area (Å²) in [4.78, 5) is 22.4. The van der Waals surface area contributed by atoms with Gasteiger partial charge in [-0.15, -0.1) is 0 Å². The number of carboxylic acid groups (broad SMARTS) is 1. The highest BCUT2D eigenvalue weighted by Crippen LogP contribution is 2.25. The molecule has 1 amide bonds. The fourth-order valence-electron chi connectivity index (χ4n) is 2.62. The Kier molecular flexibility index (Phi) is 4.48. The molecule has 2 N–H and O–H groups in total. The largest absolute Gasteiger partial charge is 0.480 e. The molecule has 0 fully saturated rings. The van der Waals surface area contributed by atoms with E-state index in [9.17, 15) is 9.59 Å². The van der Waals surface area contributed by atoms with Crippen LogP contribution in [0.1, 0.15) is 5.56 Å². The zero-order valence-electron chi connectivity index (χ0n) is 13.3. The molecule has 0 spiro atoms. The first-order chi connectivity index (χ1) is 12.1. The average Bonchev–Trinajstić information content (AvgIpc) is 3.02. The molecule has 25 heavy (non-hydrogen) atoms. The second kappa shape index (κ2) is 6.89. The van der Waals surface area contributed by atoms with Crippen LogP contribution in [-0.4, -0.2) is 28.1 Å². The molecule has 6 heteroatoms. The first-order valence-corrected chi connectivity index (χ1v) is 7.65. The minimum atomic E-state index is -1.08. The molecular weight excluding hydrogens is 318 g/mol. The van der Waals surface area contributed by atoms with Gasteiger partial charge >= 0.3 is 5.97 Å². The van der Waals surface area contributed by atoms with Crippen molar-refractivity contribution in [1.82, 2.24) is 9.88 Å². The summed E-state index contributed by atoms with van der Waals surface area (Å²) in [5.41, 5.74) is 3.43. The van der Waals surface area contributed by atoms with E-state index in [1.165, 1.54) is 0 Å². The third kappa shape index (κ3) is 3.67. The van der Waals surface area contributed by atoms with Gasteiger partial charge in [-0.2, -0.15) is 5.26 Å². The van der Waals surface area contributed by atoms with E-state index < -0.39 is 12.5 Å². The van der Waals surface area contributed by atoms with Crippen molar-refractivity contribution < 1.29 is 14.7 Å². The predicted molar refractivity (Wildman–Crippen MR) is 92.7 cm³/mol. The summed E-state index contributed by atoms with van der Waals surface area (Å²) < 4.78 is 1.78. The summed E-state index contributed by atoms with van der Waals surface area (Å²) in [6, 6.07) is 17.2. The summed E-state index contributed by atoms with van der Waals surface area (Å²) in [6.45, 7) is -0.345. The smallest absolute Gasteiger partial charge is 0.322 e. The molecule has 0 saturated carbocycles. The van der Waals surface area contributed by atoms with Crippen molar-refractivity contribution in [3.63, 3.8) is 0 Å². The van der Waals surface area contributed by atoms with Crippen LogP contribution in [0.15, 0.2) is 54.7 Å². The predicted octanol–water partition coefficient (Wildman–Crippen LogP) is 2.38. The number of aromatic nitrogens is 1. The molecule has 1 heterocycles. The van der Waals surface area contributed by atoms with E-state index >= 15 is 0 Å². The molecule has 0 aliphatic carbocycles. The monoisotopic (exact) mass is 333 g/mol. The maximum atomic E-state index is 11.9. The molecule has 3 aromatic rings. The molecule has 0 radical (unpaired) electrons. The van der Waals surface area contributed by atoms with Crippen LogP contribution in [0, 0.1) is 11.3 Å².